The van der Waals surface area contributed by atoms with Gasteiger partial charge in [0.25, 0.3) is 5.91 Å². The minimum absolute atomic E-state index is 0.195. The van der Waals surface area contributed by atoms with E-state index < -0.39 is 5.54 Å². The number of imide groups is 1. The molecule has 2 aliphatic heterocycles. The predicted molar refractivity (Wildman–Crippen MR) is 115 cm³/mol. The van der Waals surface area contributed by atoms with Crippen molar-refractivity contribution in [1.82, 2.24) is 15.1 Å². The second-order valence-electron chi connectivity index (χ2n) is 7.99. The lowest BCUT2D eigenvalue weighted by Gasteiger charge is -2.28. The second kappa shape index (κ2) is 8.28. The van der Waals surface area contributed by atoms with Gasteiger partial charge in [-0.05, 0) is 48.9 Å². The first kappa shape index (κ1) is 20.7. The zero-order valence-corrected chi connectivity index (χ0v) is 18.3. The zero-order chi connectivity index (χ0) is 21.3. The molecule has 4 rings (SSSR count). The van der Waals surface area contributed by atoms with Gasteiger partial charge < -0.3 is 14.8 Å². The van der Waals surface area contributed by atoms with E-state index in [1.807, 2.05) is 24.3 Å². The molecule has 3 amide bonds. The highest BCUT2D eigenvalue weighted by Crippen LogP contribution is 2.36. The molecule has 2 aromatic rings. The van der Waals surface area contributed by atoms with Crippen LogP contribution in [-0.2, 0) is 11.2 Å². The van der Waals surface area contributed by atoms with E-state index in [9.17, 15) is 9.59 Å². The largest absolute Gasteiger partial charge is 0.493 e. The Bertz CT molecular complexity index is 932. The summed E-state index contributed by atoms with van der Waals surface area (Å²) in [6.07, 6.45) is 2.49. The van der Waals surface area contributed by atoms with Gasteiger partial charge in [-0.3, -0.25) is 9.69 Å². The Morgan fingerprint density at radius 3 is 2.70 bits per heavy atom. The van der Waals surface area contributed by atoms with Crippen molar-refractivity contribution in [3.63, 3.8) is 0 Å². The maximum absolute atomic E-state index is 13.3. The smallest absolute Gasteiger partial charge is 0.326 e. The van der Waals surface area contributed by atoms with Crippen molar-refractivity contribution < 1.29 is 19.1 Å². The number of nitrogens with zero attached hydrogens (tertiary/aromatic N) is 2. The van der Waals surface area contributed by atoms with E-state index in [0.29, 0.717) is 24.6 Å². The summed E-state index contributed by atoms with van der Waals surface area (Å²) >= 11 is 1.72. The summed E-state index contributed by atoms with van der Waals surface area (Å²) in [6.45, 7) is 2.98. The van der Waals surface area contributed by atoms with E-state index in [1.54, 1.807) is 32.5 Å². The van der Waals surface area contributed by atoms with Gasteiger partial charge in [0.1, 0.15) is 5.54 Å². The minimum Gasteiger partial charge on any atom is -0.493 e. The first-order valence-electron chi connectivity index (χ1n) is 10.1. The third-order valence-electron chi connectivity index (χ3n) is 5.91. The number of hydrogen-bond donors (Lipinski definition) is 1. The van der Waals surface area contributed by atoms with Gasteiger partial charge in [-0.15, -0.1) is 11.3 Å². The molecule has 0 saturated carbocycles. The molecule has 1 aromatic heterocycles. The summed E-state index contributed by atoms with van der Waals surface area (Å²) in [5.74, 6) is 1.03. The van der Waals surface area contributed by atoms with Crippen molar-refractivity contribution in [2.75, 3.05) is 27.4 Å². The van der Waals surface area contributed by atoms with Crippen LogP contribution in [0.1, 0.15) is 36.2 Å². The van der Waals surface area contributed by atoms with Crippen LogP contribution in [0.25, 0.3) is 0 Å². The number of ether oxygens (including phenoxy) is 2. The van der Waals surface area contributed by atoms with Crippen LogP contribution in [0.2, 0.25) is 0 Å². The standard InChI is InChI=1S/C22H27N3O4S/c1-22(13-15-8-9-17(28-2)18(12-15)29-3)20(26)25(21(27)23-22)14-24-10-4-6-16(24)19-7-5-11-30-19/h5,7-9,11-12,16H,4,6,10,13-14H2,1-3H3,(H,23,27). The molecule has 2 unspecified atom stereocenters. The van der Waals surface area contributed by atoms with Crippen molar-refractivity contribution in [3.05, 3.63) is 46.2 Å². The van der Waals surface area contributed by atoms with Gasteiger partial charge >= 0.3 is 6.03 Å². The molecule has 160 valence electrons. The topological polar surface area (TPSA) is 71.1 Å². The molecule has 0 spiro atoms. The van der Waals surface area contributed by atoms with E-state index in [0.717, 1.165) is 24.9 Å². The molecular weight excluding hydrogens is 402 g/mol. The van der Waals surface area contributed by atoms with Crippen molar-refractivity contribution in [2.24, 2.45) is 0 Å². The van der Waals surface area contributed by atoms with Gasteiger partial charge in [0.15, 0.2) is 11.5 Å². The van der Waals surface area contributed by atoms with E-state index >= 15 is 0 Å². The molecule has 8 heteroatoms. The van der Waals surface area contributed by atoms with E-state index in [4.69, 9.17) is 9.47 Å². The number of amides is 3. The summed E-state index contributed by atoms with van der Waals surface area (Å²) in [7, 11) is 3.16. The van der Waals surface area contributed by atoms with Crippen molar-refractivity contribution in [2.45, 2.75) is 37.8 Å². The minimum atomic E-state index is -0.991. The molecule has 0 aliphatic carbocycles. The molecule has 2 fully saturated rings. The number of likely N-dealkylation sites (tertiary alicyclic amines) is 1. The molecule has 1 aromatic carbocycles. The molecule has 0 radical (unpaired) electrons. The van der Waals surface area contributed by atoms with Crippen LogP contribution >= 0.6 is 11.3 Å². The van der Waals surface area contributed by atoms with Crippen LogP contribution in [0.5, 0.6) is 11.5 Å². The van der Waals surface area contributed by atoms with E-state index in [-0.39, 0.29) is 18.0 Å². The predicted octanol–water partition coefficient (Wildman–Crippen LogP) is 3.41. The number of thiophene rings is 1. The zero-order valence-electron chi connectivity index (χ0n) is 17.5. The van der Waals surface area contributed by atoms with Crippen molar-refractivity contribution in [1.29, 1.82) is 0 Å². The number of carbonyl (C=O) groups is 2. The Labute approximate surface area is 180 Å². The summed E-state index contributed by atoms with van der Waals surface area (Å²) < 4.78 is 10.6. The van der Waals surface area contributed by atoms with E-state index in [1.165, 1.54) is 9.78 Å². The Kier molecular flexibility index (Phi) is 5.71. The fraction of sp³-hybridized carbons (Fsp3) is 0.455. The number of nitrogens with one attached hydrogen (secondary N) is 1. The molecule has 2 atom stereocenters. The van der Waals surface area contributed by atoms with Crippen LogP contribution < -0.4 is 14.8 Å². The number of carbonyl (C=O) groups excluding carboxylic acids is 2. The molecular formula is C22H27N3O4S. The molecule has 7 nitrogen and oxygen atoms in total. The first-order chi connectivity index (χ1) is 14.4. The van der Waals surface area contributed by atoms with Crippen molar-refractivity contribution in [3.8, 4) is 11.5 Å². The fourth-order valence-corrected chi connectivity index (χ4v) is 5.27. The van der Waals surface area contributed by atoms with Gasteiger partial charge in [0.05, 0.1) is 20.9 Å². The summed E-state index contributed by atoms with van der Waals surface area (Å²) in [4.78, 5) is 30.8. The Balaban J connectivity index is 1.49. The number of benzene rings is 1. The second-order valence-corrected chi connectivity index (χ2v) is 8.97. The molecule has 3 heterocycles. The lowest BCUT2D eigenvalue weighted by atomic mass is 9.92. The van der Waals surface area contributed by atoms with Crippen LogP contribution in [0.15, 0.2) is 35.7 Å². The lowest BCUT2D eigenvalue weighted by molar-refractivity contribution is -0.132. The van der Waals surface area contributed by atoms with Gasteiger partial charge in [-0.25, -0.2) is 9.69 Å². The third-order valence-corrected chi connectivity index (χ3v) is 6.88. The molecule has 30 heavy (non-hydrogen) atoms. The molecule has 0 bridgehead atoms. The Hall–Kier alpha value is -2.58. The van der Waals surface area contributed by atoms with Gasteiger partial charge in [0, 0.05) is 23.9 Å². The van der Waals surface area contributed by atoms with Crippen LogP contribution in [0.3, 0.4) is 0 Å². The number of urea groups is 1. The van der Waals surface area contributed by atoms with Gasteiger partial charge in [-0.2, -0.15) is 0 Å². The number of rotatable bonds is 7. The normalized spacial score (nSPS) is 24.4. The quantitative estimate of drug-likeness (QED) is 0.683. The highest BCUT2D eigenvalue weighted by atomic mass is 32.1. The Morgan fingerprint density at radius 2 is 2.00 bits per heavy atom. The molecule has 2 saturated heterocycles. The van der Waals surface area contributed by atoms with Gasteiger partial charge in [0.2, 0.25) is 0 Å². The average Bonchev–Trinajstić information content (AvgIpc) is 3.45. The van der Waals surface area contributed by atoms with Crippen LogP contribution in [0.4, 0.5) is 4.79 Å². The lowest BCUT2D eigenvalue weighted by Crippen LogP contribution is -2.47. The van der Waals surface area contributed by atoms with Crippen LogP contribution in [-0.4, -0.2) is 54.7 Å². The maximum Gasteiger partial charge on any atom is 0.326 e. The summed E-state index contributed by atoms with van der Waals surface area (Å²) in [5, 5.41) is 4.98. The molecule has 2 aliphatic rings. The third kappa shape index (κ3) is 3.77. The van der Waals surface area contributed by atoms with Crippen LogP contribution in [0, 0.1) is 0 Å². The Morgan fingerprint density at radius 1 is 1.20 bits per heavy atom. The molecule has 1 N–H and O–H groups in total. The summed E-state index contributed by atoms with van der Waals surface area (Å²) in [5.41, 5.74) is -0.0993. The monoisotopic (exact) mass is 429 g/mol. The number of methoxy groups -OCH3 is 2. The van der Waals surface area contributed by atoms with E-state index in [2.05, 4.69) is 21.7 Å². The van der Waals surface area contributed by atoms with Crippen molar-refractivity contribution >= 4 is 23.3 Å². The fourth-order valence-electron chi connectivity index (χ4n) is 4.37. The highest BCUT2D eigenvalue weighted by molar-refractivity contribution is 7.10. The number of hydrogen-bond acceptors (Lipinski definition) is 6. The maximum atomic E-state index is 13.3. The highest BCUT2D eigenvalue weighted by Gasteiger charge is 2.48. The summed E-state index contributed by atoms with van der Waals surface area (Å²) in [6, 6.07) is 9.65. The first-order valence-corrected chi connectivity index (χ1v) is 11.0. The SMILES string of the molecule is COc1ccc(CC2(C)NC(=O)N(CN3CCCC3c3cccs3)C2=O)cc1OC. The average molecular weight is 430 g/mol. The van der Waals surface area contributed by atoms with Gasteiger partial charge in [-0.1, -0.05) is 12.1 Å².